The van der Waals surface area contributed by atoms with E-state index in [1.807, 2.05) is 54.6 Å². The average Bonchev–Trinajstić information content (AvgIpc) is 3.01. The van der Waals surface area contributed by atoms with Crippen molar-refractivity contribution in [2.24, 2.45) is 0 Å². The van der Waals surface area contributed by atoms with Gasteiger partial charge in [0.25, 0.3) is 0 Å². The molecule has 5 heteroatoms. The number of ether oxygens (including phenoxy) is 1. The van der Waals surface area contributed by atoms with Crippen LogP contribution in [0.15, 0.2) is 60.8 Å². The van der Waals surface area contributed by atoms with Crippen LogP contribution in [0, 0.1) is 0 Å². The van der Waals surface area contributed by atoms with Crippen LogP contribution < -0.4 is 4.74 Å². The van der Waals surface area contributed by atoms with Crippen LogP contribution in [0.5, 0.6) is 5.75 Å². The summed E-state index contributed by atoms with van der Waals surface area (Å²) in [7, 11) is 1.59. The summed E-state index contributed by atoms with van der Waals surface area (Å²) in [4.78, 5) is 15.5. The van der Waals surface area contributed by atoms with Crippen molar-refractivity contribution in [3.8, 4) is 22.8 Å². The first-order chi connectivity index (χ1) is 10.7. The maximum absolute atomic E-state index is 11.3. The third kappa shape index (κ3) is 2.56. The number of hydrogen-bond donors (Lipinski definition) is 1. The molecule has 0 fully saturated rings. The molecule has 3 rings (SSSR count). The van der Waals surface area contributed by atoms with E-state index < -0.39 is 5.97 Å². The summed E-state index contributed by atoms with van der Waals surface area (Å²) in [5, 5.41) is 9.22. The molecule has 3 aromatic rings. The first kappa shape index (κ1) is 13.9. The van der Waals surface area contributed by atoms with Crippen molar-refractivity contribution in [1.29, 1.82) is 0 Å². The monoisotopic (exact) mass is 294 g/mol. The van der Waals surface area contributed by atoms with Crippen molar-refractivity contribution in [1.82, 2.24) is 9.55 Å². The van der Waals surface area contributed by atoms with E-state index in [1.54, 1.807) is 11.7 Å². The first-order valence-corrected chi connectivity index (χ1v) is 6.71. The lowest BCUT2D eigenvalue weighted by Crippen LogP contribution is -1.96. The molecule has 1 heterocycles. The molecule has 1 N–H and O–H groups in total. The van der Waals surface area contributed by atoms with Crippen LogP contribution in [0.1, 0.15) is 10.5 Å². The molecule has 0 spiro atoms. The highest BCUT2D eigenvalue weighted by Gasteiger charge is 2.16. The van der Waals surface area contributed by atoms with E-state index in [9.17, 15) is 9.90 Å². The van der Waals surface area contributed by atoms with Gasteiger partial charge in [0.05, 0.1) is 7.11 Å². The number of nitrogens with zero attached hydrogens (tertiary/aromatic N) is 2. The van der Waals surface area contributed by atoms with Gasteiger partial charge in [0.1, 0.15) is 11.6 Å². The second-order valence-electron chi connectivity index (χ2n) is 4.69. The quantitative estimate of drug-likeness (QED) is 0.802. The molecule has 0 bridgehead atoms. The predicted octanol–water partition coefficient (Wildman–Crippen LogP) is 3.25. The van der Waals surface area contributed by atoms with Gasteiger partial charge >= 0.3 is 5.97 Å². The molecule has 1 aromatic heterocycles. The molecular formula is C17H14N2O3. The van der Waals surface area contributed by atoms with Crippen LogP contribution >= 0.6 is 0 Å². The molecule has 0 aliphatic carbocycles. The second kappa shape index (κ2) is 5.73. The molecule has 0 aliphatic rings. The number of carboxylic acids is 1. The summed E-state index contributed by atoms with van der Waals surface area (Å²) in [6, 6.07) is 16.9. The fraction of sp³-hybridized carbons (Fsp3) is 0.0588. The Morgan fingerprint density at radius 3 is 2.59 bits per heavy atom. The minimum Gasteiger partial charge on any atom is -0.497 e. The summed E-state index contributed by atoms with van der Waals surface area (Å²) < 4.78 is 6.98. The zero-order valence-corrected chi connectivity index (χ0v) is 11.9. The molecule has 110 valence electrons. The zero-order valence-electron chi connectivity index (χ0n) is 11.9. The lowest BCUT2D eigenvalue weighted by molar-refractivity contribution is 0.0691. The molecule has 0 unspecified atom stereocenters. The molecule has 22 heavy (non-hydrogen) atoms. The minimum absolute atomic E-state index is 0.00155. The van der Waals surface area contributed by atoms with Gasteiger partial charge in [-0.25, -0.2) is 9.78 Å². The van der Waals surface area contributed by atoms with Gasteiger partial charge in [-0.3, -0.25) is 4.57 Å². The number of benzene rings is 2. The number of rotatable bonds is 4. The third-order valence-corrected chi connectivity index (χ3v) is 3.29. The third-order valence-electron chi connectivity index (χ3n) is 3.29. The van der Waals surface area contributed by atoms with Gasteiger partial charge in [-0.1, -0.05) is 30.3 Å². The van der Waals surface area contributed by atoms with Gasteiger partial charge in [0, 0.05) is 17.4 Å². The van der Waals surface area contributed by atoms with E-state index in [-0.39, 0.29) is 5.69 Å². The van der Waals surface area contributed by atoms with E-state index in [0.29, 0.717) is 11.6 Å². The lowest BCUT2D eigenvalue weighted by Gasteiger charge is -2.08. The van der Waals surface area contributed by atoms with Crippen molar-refractivity contribution in [2.75, 3.05) is 7.11 Å². The molecule has 0 saturated carbocycles. The summed E-state index contributed by atoms with van der Waals surface area (Å²) in [5.74, 6) is 0.193. The number of hydrogen-bond acceptors (Lipinski definition) is 3. The molecule has 0 radical (unpaired) electrons. The number of para-hydroxylation sites is 1. The maximum Gasteiger partial charge on any atom is 0.356 e. The number of methoxy groups -OCH3 is 1. The fourth-order valence-corrected chi connectivity index (χ4v) is 2.23. The summed E-state index contributed by atoms with van der Waals surface area (Å²) >= 11 is 0. The van der Waals surface area contributed by atoms with Crippen LogP contribution in [-0.2, 0) is 0 Å². The average molecular weight is 294 g/mol. The second-order valence-corrected chi connectivity index (χ2v) is 4.69. The van der Waals surface area contributed by atoms with Gasteiger partial charge in [0.15, 0.2) is 5.69 Å². The highest BCUT2D eigenvalue weighted by molar-refractivity contribution is 5.86. The molecule has 0 saturated heterocycles. The van der Waals surface area contributed by atoms with Crippen LogP contribution in [-0.4, -0.2) is 27.7 Å². The highest BCUT2D eigenvalue weighted by Crippen LogP contribution is 2.26. The van der Waals surface area contributed by atoms with E-state index >= 15 is 0 Å². The number of carbonyl (C=O) groups is 1. The van der Waals surface area contributed by atoms with Crippen LogP contribution in [0.2, 0.25) is 0 Å². The van der Waals surface area contributed by atoms with Gasteiger partial charge in [-0.15, -0.1) is 0 Å². The van der Waals surface area contributed by atoms with Crippen molar-refractivity contribution < 1.29 is 14.6 Å². The van der Waals surface area contributed by atoms with E-state index in [0.717, 1.165) is 11.3 Å². The number of aromatic nitrogens is 2. The Morgan fingerprint density at radius 1 is 1.14 bits per heavy atom. The predicted molar refractivity (Wildman–Crippen MR) is 82.5 cm³/mol. The van der Waals surface area contributed by atoms with Gasteiger partial charge in [-0.2, -0.15) is 0 Å². The first-order valence-electron chi connectivity index (χ1n) is 6.71. The topological polar surface area (TPSA) is 64.3 Å². The summed E-state index contributed by atoms with van der Waals surface area (Å²) in [5.41, 5.74) is 1.64. The Balaban J connectivity index is 2.19. The van der Waals surface area contributed by atoms with E-state index in [1.165, 1.54) is 6.20 Å². The Morgan fingerprint density at radius 2 is 1.91 bits per heavy atom. The lowest BCUT2D eigenvalue weighted by atomic mass is 10.2. The molecule has 0 atom stereocenters. The van der Waals surface area contributed by atoms with Crippen molar-refractivity contribution in [3.05, 3.63) is 66.5 Å². The normalized spacial score (nSPS) is 10.4. The summed E-state index contributed by atoms with van der Waals surface area (Å²) in [6.45, 7) is 0. The van der Waals surface area contributed by atoms with Crippen LogP contribution in [0.25, 0.3) is 17.1 Å². The molecule has 0 aliphatic heterocycles. The SMILES string of the molecule is COc1cccc(-c2nc(C(=O)O)cn2-c2ccccc2)c1. The largest absolute Gasteiger partial charge is 0.497 e. The van der Waals surface area contributed by atoms with Crippen LogP contribution in [0.3, 0.4) is 0 Å². The Hall–Kier alpha value is -3.08. The zero-order chi connectivity index (χ0) is 15.5. The number of imidazole rings is 1. The van der Waals surface area contributed by atoms with Crippen molar-refractivity contribution >= 4 is 5.97 Å². The Kier molecular flexibility index (Phi) is 3.62. The van der Waals surface area contributed by atoms with Crippen molar-refractivity contribution in [2.45, 2.75) is 0 Å². The molecule has 5 nitrogen and oxygen atoms in total. The number of aromatic carboxylic acids is 1. The molecule has 0 amide bonds. The van der Waals surface area contributed by atoms with Gasteiger partial charge in [0.2, 0.25) is 0 Å². The Bertz CT molecular complexity index is 810. The van der Waals surface area contributed by atoms with Gasteiger partial charge in [-0.05, 0) is 24.3 Å². The van der Waals surface area contributed by atoms with E-state index in [4.69, 9.17) is 4.74 Å². The minimum atomic E-state index is -1.06. The molecular weight excluding hydrogens is 280 g/mol. The number of carboxylic acid groups (broad SMARTS) is 1. The summed E-state index contributed by atoms with van der Waals surface area (Å²) in [6.07, 6.45) is 1.52. The standard InChI is InChI=1S/C17H14N2O3/c1-22-14-9-5-6-12(10-14)16-18-15(17(20)21)11-19(16)13-7-3-2-4-8-13/h2-11H,1H3,(H,20,21). The van der Waals surface area contributed by atoms with Crippen LogP contribution in [0.4, 0.5) is 0 Å². The fourth-order valence-electron chi connectivity index (χ4n) is 2.23. The Labute approximate surface area is 127 Å². The van der Waals surface area contributed by atoms with Crippen molar-refractivity contribution in [3.63, 3.8) is 0 Å². The maximum atomic E-state index is 11.3. The smallest absolute Gasteiger partial charge is 0.356 e. The highest BCUT2D eigenvalue weighted by atomic mass is 16.5. The van der Waals surface area contributed by atoms with E-state index in [2.05, 4.69) is 4.98 Å². The van der Waals surface area contributed by atoms with Gasteiger partial charge < -0.3 is 9.84 Å². The molecule has 2 aromatic carbocycles.